The van der Waals surface area contributed by atoms with Crippen molar-refractivity contribution in [3.63, 3.8) is 0 Å². The lowest BCUT2D eigenvalue weighted by Gasteiger charge is -2.32. The van der Waals surface area contributed by atoms with Gasteiger partial charge in [0.15, 0.2) is 0 Å². The third-order valence-electron chi connectivity index (χ3n) is 5.92. The van der Waals surface area contributed by atoms with Crippen molar-refractivity contribution in [2.24, 2.45) is 0 Å². The highest BCUT2D eigenvalue weighted by Crippen LogP contribution is 2.31. The molecule has 1 heterocycles. The van der Waals surface area contributed by atoms with Gasteiger partial charge in [0.05, 0.1) is 25.3 Å². The van der Waals surface area contributed by atoms with Crippen molar-refractivity contribution < 1.29 is 37.4 Å². The Morgan fingerprint density at radius 3 is 2.19 bits per heavy atom. The van der Waals surface area contributed by atoms with Crippen molar-refractivity contribution in [3.8, 4) is 0 Å². The minimum atomic E-state index is -4.86. The lowest BCUT2D eigenvalue weighted by molar-refractivity contribution is -0.186. The molecule has 0 aromatic heterocycles. The maximum Gasteiger partial charge on any atom is 0.471 e. The van der Waals surface area contributed by atoms with Crippen LogP contribution in [0, 0.1) is 0 Å². The number of carbonyl (C=O) groups excluding carboxylic acids is 3. The number of aliphatic hydroxyl groups is 1. The molecule has 36 heavy (non-hydrogen) atoms. The fraction of sp³-hybridized carbons (Fsp3) is 0.400. The maximum atomic E-state index is 12.9. The summed E-state index contributed by atoms with van der Waals surface area (Å²) in [5.74, 6) is -2.27. The number of amides is 3. The predicted molar refractivity (Wildman–Crippen MR) is 127 cm³/mol. The zero-order chi connectivity index (χ0) is 26.3. The topological polar surface area (TPSA) is 99.2 Å². The molecule has 1 saturated heterocycles. The van der Waals surface area contributed by atoms with Crippen LogP contribution in [0.3, 0.4) is 0 Å². The number of rotatable bonds is 7. The summed E-state index contributed by atoms with van der Waals surface area (Å²) in [6.45, 7) is 1.77. The molecule has 0 unspecified atom stereocenters. The van der Waals surface area contributed by atoms with Crippen LogP contribution < -0.4 is 10.2 Å². The Hall–Kier alpha value is -3.60. The van der Waals surface area contributed by atoms with Gasteiger partial charge in [0, 0.05) is 24.5 Å². The van der Waals surface area contributed by atoms with Gasteiger partial charge in [0.1, 0.15) is 0 Å². The number of alkyl halides is 3. The van der Waals surface area contributed by atoms with Gasteiger partial charge in [-0.1, -0.05) is 12.1 Å². The molecule has 11 heteroatoms. The summed E-state index contributed by atoms with van der Waals surface area (Å²) in [7, 11) is 0. The summed E-state index contributed by atoms with van der Waals surface area (Å²) in [5, 5.41) is 12.2. The zero-order valence-corrected chi connectivity index (χ0v) is 19.8. The Kier molecular flexibility index (Phi) is 8.92. The van der Waals surface area contributed by atoms with E-state index in [4.69, 9.17) is 4.74 Å². The third-order valence-corrected chi connectivity index (χ3v) is 5.92. The number of halogens is 3. The van der Waals surface area contributed by atoms with Crippen LogP contribution in [0.4, 0.5) is 29.3 Å². The highest BCUT2D eigenvalue weighted by atomic mass is 19.4. The van der Waals surface area contributed by atoms with Crippen molar-refractivity contribution >= 4 is 29.3 Å². The fourth-order valence-electron chi connectivity index (χ4n) is 4.06. The van der Waals surface area contributed by atoms with Crippen LogP contribution >= 0.6 is 0 Å². The molecule has 0 radical (unpaired) electrons. The number of aliphatic hydroxyl groups excluding tert-OH is 1. The molecule has 1 aliphatic heterocycles. The van der Waals surface area contributed by atoms with Gasteiger partial charge in [-0.15, -0.1) is 0 Å². The first-order chi connectivity index (χ1) is 17.1. The number of ether oxygens (including phenoxy) is 1. The SMILES string of the molecule is CCOC(=O)c1ccc(N(CCO)C(=O)Nc2ccc(C3CCN(C(=O)C(F)(F)F)CC3)cc2)cc1. The highest BCUT2D eigenvalue weighted by Gasteiger charge is 2.43. The largest absolute Gasteiger partial charge is 0.471 e. The van der Waals surface area contributed by atoms with Crippen LogP contribution in [0.1, 0.15) is 41.6 Å². The molecule has 1 aliphatic rings. The van der Waals surface area contributed by atoms with Crippen molar-refractivity contribution in [2.75, 3.05) is 43.1 Å². The van der Waals surface area contributed by atoms with Crippen LogP contribution in [0.5, 0.6) is 0 Å². The second-order valence-electron chi connectivity index (χ2n) is 8.26. The second-order valence-corrected chi connectivity index (χ2v) is 8.26. The molecule has 1 fully saturated rings. The van der Waals surface area contributed by atoms with E-state index in [1.165, 1.54) is 17.0 Å². The Morgan fingerprint density at radius 1 is 1.06 bits per heavy atom. The van der Waals surface area contributed by atoms with Crippen molar-refractivity contribution in [1.29, 1.82) is 0 Å². The van der Waals surface area contributed by atoms with Gasteiger partial charge in [-0.2, -0.15) is 13.2 Å². The number of piperidine rings is 1. The molecule has 0 spiro atoms. The number of hydrogen-bond acceptors (Lipinski definition) is 5. The fourth-order valence-corrected chi connectivity index (χ4v) is 4.06. The Labute approximate surface area is 206 Å². The first kappa shape index (κ1) is 27.0. The first-order valence-electron chi connectivity index (χ1n) is 11.6. The van der Waals surface area contributed by atoms with Crippen LogP contribution in [0.25, 0.3) is 0 Å². The van der Waals surface area contributed by atoms with E-state index in [0.29, 0.717) is 29.8 Å². The zero-order valence-electron chi connectivity index (χ0n) is 19.8. The summed E-state index contributed by atoms with van der Waals surface area (Å²) >= 11 is 0. The van der Waals surface area contributed by atoms with Gasteiger partial charge in [-0.05, 0) is 67.6 Å². The standard InChI is InChI=1S/C25H28F3N3O5/c1-2-36-22(33)19-5-9-21(10-6-19)31(15-16-32)24(35)29-20-7-3-17(4-8-20)18-11-13-30(14-12-18)23(34)25(26,27)28/h3-10,18,32H,2,11-16H2,1H3,(H,29,35). The monoisotopic (exact) mass is 507 g/mol. The summed E-state index contributed by atoms with van der Waals surface area (Å²) in [4.78, 5) is 38.3. The van der Waals surface area contributed by atoms with E-state index in [9.17, 15) is 32.7 Å². The number of carbonyl (C=O) groups is 3. The first-order valence-corrected chi connectivity index (χ1v) is 11.6. The maximum absolute atomic E-state index is 12.9. The molecule has 8 nitrogen and oxygen atoms in total. The van der Waals surface area contributed by atoms with Crippen LogP contribution in [0.2, 0.25) is 0 Å². The summed E-state index contributed by atoms with van der Waals surface area (Å²) in [6.07, 6.45) is -4.03. The third kappa shape index (κ3) is 6.75. The van der Waals surface area contributed by atoms with E-state index in [1.807, 2.05) is 0 Å². The number of anilines is 2. The molecule has 3 rings (SSSR count). The van der Waals surface area contributed by atoms with Gasteiger partial charge in [0.2, 0.25) is 0 Å². The van der Waals surface area contributed by atoms with Gasteiger partial charge >= 0.3 is 24.1 Å². The van der Waals surface area contributed by atoms with Crippen LogP contribution in [-0.2, 0) is 9.53 Å². The molecule has 0 atom stereocenters. The molecular formula is C25H28F3N3O5. The molecule has 2 aromatic rings. The Bertz CT molecular complexity index is 1050. The highest BCUT2D eigenvalue weighted by molar-refractivity contribution is 6.02. The molecular weight excluding hydrogens is 479 g/mol. The van der Waals surface area contributed by atoms with E-state index >= 15 is 0 Å². The molecule has 3 amide bonds. The number of nitrogens with one attached hydrogen (secondary N) is 1. The second kappa shape index (κ2) is 11.9. The van der Waals surface area contributed by atoms with E-state index in [1.54, 1.807) is 43.3 Å². The van der Waals surface area contributed by atoms with E-state index in [-0.39, 0.29) is 38.8 Å². The molecule has 0 aliphatic carbocycles. The van der Waals surface area contributed by atoms with Gasteiger partial charge in [0.25, 0.3) is 0 Å². The number of benzene rings is 2. The summed E-state index contributed by atoms with van der Waals surface area (Å²) < 4.78 is 42.8. The quantitative estimate of drug-likeness (QED) is 0.549. The van der Waals surface area contributed by atoms with E-state index < -0.39 is 24.1 Å². The smallest absolute Gasteiger partial charge is 0.462 e. The molecule has 194 valence electrons. The number of nitrogens with zero attached hydrogens (tertiary/aromatic N) is 2. The van der Waals surface area contributed by atoms with Gasteiger partial charge in [-0.25, -0.2) is 9.59 Å². The number of hydrogen-bond donors (Lipinski definition) is 2. The minimum absolute atomic E-state index is 0.0100. The molecule has 0 saturated carbocycles. The van der Waals surface area contributed by atoms with Gasteiger partial charge in [-0.3, -0.25) is 9.69 Å². The molecule has 2 N–H and O–H groups in total. The number of likely N-dealkylation sites (tertiary alicyclic amines) is 1. The summed E-state index contributed by atoms with van der Waals surface area (Å²) in [6, 6.07) is 12.7. The van der Waals surface area contributed by atoms with E-state index in [2.05, 4.69) is 5.32 Å². The average molecular weight is 508 g/mol. The average Bonchev–Trinajstić information content (AvgIpc) is 2.87. The Balaban J connectivity index is 1.61. The van der Waals surface area contributed by atoms with E-state index in [0.717, 1.165) is 10.5 Å². The number of esters is 1. The number of urea groups is 1. The lowest BCUT2D eigenvalue weighted by atomic mass is 9.89. The lowest BCUT2D eigenvalue weighted by Crippen LogP contribution is -2.45. The van der Waals surface area contributed by atoms with Crippen molar-refractivity contribution in [2.45, 2.75) is 31.9 Å². The van der Waals surface area contributed by atoms with Crippen molar-refractivity contribution in [3.05, 3.63) is 59.7 Å². The summed E-state index contributed by atoms with van der Waals surface area (Å²) in [5.41, 5.74) is 2.23. The van der Waals surface area contributed by atoms with Crippen LogP contribution in [-0.4, -0.2) is 66.9 Å². The van der Waals surface area contributed by atoms with Gasteiger partial charge < -0.3 is 20.1 Å². The minimum Gasteiger partial charge on any atom is -0.462 e. The normalized spacial score (nSPS) is 14.3. The van der Waals surface area contributed by atoms with Crippen molar-refractivity contribution in [1.82, 2.24) is 4.90 Å². The predicted octanol–water partition coefficient (Wildman–Crippen LogP) is 4.16. The molecule has 0 bridgehead atoms. The molecule has 2 aromatic carbocycles. The van der Waals surface area contributed by atoms with Crippen LogP contribution in [0.15, 0.2) is 48.5 Å². The Morgan fingerprint density at radius 2 is 1.67 bits per heavy atom.